The van der Waals surface area contributed by atoms with Gasteiger partial charge in [-0.3, -0.25) is 4.79 Å². The van der Waals surface area contributed by atoms with Gasteiger partial charge in [0, 0.05) is 12.2 Å². The number of aliphatic carboxylic acids is 1. The first kappa shape index (κ1) is 28.3. The molecule has 172 valence electrons. The van der Waals surface area contributed by atoms with Gasteiger partial charge in [-0.1, -0.05) is 116 Å². The Labute approximate surface area is 185 Å². The fraction of sp³-hybridized carbons (Fsp3) is 0.917. The van der Waals surface area contributed by atoms with Gasteiger partial charge in [0.1, 0.15) is 6.04 Å². The van der Waals surface area contributed by atoms with E-state index in [9.17, 15) is 9.59 Å². The van der Waals surface area contributed by atoms with Crippen LogP contribution in [0.15, 0.2) is 0 Å². The second-order valence-electron chi connectivity index (χ2n) is 8.40. The number of rotatable bonds is 22. The van der Waals surface area contributed by atoms with E-state index < -0.39 is 12.0 Å². The van der Waals surface area contributed by atoms with Crippen LogP contribution in [0.1, 0.15) is 129 Å². The van der Waals surface area contributed by atoms with Crippen molar-refractivity contribution in [3.63, 3.8) is 0 Å². The topological polar surface area (TPSA) is 66.4 Å². The first-order chi connectivity index (χ1) is 14.1. The number of carbonyl (C=O) groups excluding carboxylic acids is 1. The zero-order valence-corrected chi connectivity index (χ0v) is 19.8. The number of hydrogen-bond acceptors (Lipinski definition) is 3. The fourth-order valence-electron chi connectivity index (χ4n) is 3.64. The van der Waals surface area contributed by atoms with Gasteiger partial charge in [-0.25, -0.2) is 4.79 Å². The third-order valence-corrected chi connectivity index (χ3v) is 5.94. The number of carboxylic acids is 1. The van der Waals surface area contributed by atoms with Crippen molar-refractivity contribution in [2.24, 2.45) is 0 Å². The Hall–Kier alpha value is -0.710. The highest BCUT2D eigenvalue weighted by atomic mass is 32.1. The molecule has 0 spiro atoms. The zero-order chi connectivity index (χ0) is 21.6. The van der Waals surface area contributed by atoms with Crippen LogP contribution in [0, 0.1) is 0 Å². The van der Waals surface area contributed by atoms with Gasteiger partial charge >= 0.3 is 5.97 Å². The van der Waals surface area contributed by atoms with Crippen LogP contribution >= 0.6 is 12.6 Å². The first-order valence-electron chi connectivity index (χ1n) is 12.2. The Morgan fingerprint density at radius 1 is 0.690 bits per heavy atom. The highest BCUT2D eigenvalue weighted by Crippen LogP contribution is 2.14. The van der Waals surface area contributed by atoms with Crippen LogP contribution in [-0.4, -0.2) is 28.8 Å². The number of carboxylic acid groups (broad SMARTS) is 1. The lowest BCUT2D eigenvalue weighted by Gasteiger charge is -2.11. The van der Waals surface area contributed by atoms with Crippen LogP contribution in [-0.2, 0) is 9.59 Å². The molecule has 0 aliphatic heterocycles. The van der Waals surface area contributed by atoms with E-state index in [1.807, 2.05) is 0 Å². The predicted molar refractivity (Wildman–Crippen MR) is 127 cm³/mol. The summed E-state index contributed by atoms with van der Waals surface area (Å²) in [5, 5.41) is 11.4. The van der Waals surface area contributed by atoms with E-state index in [1.54, 1.807) is 0 Å². The van der Waals surface area contributed by atoms with Crippen molar-refractivity contribution < 1.29 is 14.7 Å². The van der Waals surface area contributed by atoms with Crippen LogP contribution in [0.25, 0.3) is 0 Å². The van der Waals surface area contributed by atoms with E-state index >= 15 is 0 Å². The maximum atomic E-state index is 11.7. The smallest absolute Gasteiger partial charge is 0.327 e. The lowest BCUT2D eigenvalue weighted by molar-refractivity contribution is -0.141. The highest BCUT2D eigenvalue weighted by Gasteiger charge is 2.17. The van der Waals surface area contributed by atoms with Crippen molar-refractivity contribution in [3.05, 3.63) is 0 Å². The predicted octanol–water partition coefficient (Wildman–Crippen LogP) is 6.92. The Bertz CT molecular complexity index is 390. The summed E-state index contributed by atoms with van der Waals surface area (Å²) in [6.45, 7) is 2.27. The normalized spacial score (nSPS) is 12.1. The average molecular weight is 430 g/mol. The third-order valence-electron chi connectivity index (χ3n) is 5.57. The van der Waals surface area contributed by atoms with Crippen LogP contribution in [0.5, 0.6) is 0 Å². The summed E-state index contributed by atoms with van der Waals surface area (Å²) in [7, 11) is 0. The van der Waals surface area contributed by atoms with Gasteiger partial charge in [-0.2, -0.15) is 12.6 Å². The second-order valence-corrected chi connectivity index (χ2v) is 8.77. The summed E-state index contributed by atoms with van der Waals surface area (Å²) >= 11 is 3.94. The van der Waals surface area contributed by atoms with Gasteiger partial charge in [0.15, 0.2) is 0 Å². The Kier molecular flexibility index (Phi) is 21.4. The molecule has 0 unspecified atom stereocenters. The standard InChI is InChI=1S/C24H47NO3S/c1-2-3-4-5-6-7-8-9-10-11-12-13-14-15-16-17-18-19-20-23(26)25-22(21-29)24(27)28/h22,29H,2-21H2,1H3,(H,25,26)(H,27,28)/t22-/m0/s1. The summed E-state index contributed by atoms with van der Waals surface area (Å²) in [5.74, 6) is -1.07. The molecule has 0 aliphatic carbocycles. The molecule has 0 saturated heterocycles. The molecule has 0 heterocycles. The van der Waals surface area contributed by atoms with E-state index in [4.69, 9.17) is 5.11 Å². The van der Waals surface area contributed by atoms with E-state index in [0.717, 1.165) is 12.8 Å². The Morgan fingerprint density at radius 2 is 1.03 bits per heavy atom. The Balaban J connectivity index is 3.22. The zero-order valence-electron chi connectivity index (χ0n) is 18.9. The SMILES string of the molecule is CCCCCCCCCCCCCCCCCCCCC(=O)N[C@@H](CS)C(=O)O. The van der Waals surface area contributed by atoms with E-state index in [-0.39, 0.29) is 11.7 Å². The van der Waals surface area contributed by atoms with Crippen molar-refractivity contribution in [2.75, 3.05) is 5.75 Å². The number of thiol groups is 1. The fourth-order valence-corrected chi connectivity index (χ4v) is 3.89. The summed E-state index contributed by atoms with van der Waals surface area (Å²) in [6, 6.07) is -0.874. The van der Waals surface area contributed by atoms with Crippen molar-refractivity contribution in [3.8, 4) is 0 Å². The number of unbranched alkanes of at least 4 members (excludes halogenated alkanes) is 17. The number of amides is 1. The minimum atomic E-state index is -1.02. The van der Waals surface area contributed by atoms with E-state index in [2.05, 4.69) is 24.9 Å². The third kappa shape index (κ3) is 20.3. The van der Waals surface area contributed by atoms with Crippen LogP contribution in [0.4, 0.5) is 0 Å². The number of hydrogen-bond donors (Lipinski definition) is 3. The maximum absolute atomic E-state index is 11.7. The molecule has 0 aromatic rings. The molecule has 1 atom stereocenters. The molecule has 5 heteroatoms. The van der Waals surface area contributed by atoms with Crippen molar-refractivity contribution in [2.45, 2.75) is 135 Å². The molecule has 0 aliphatic rings. The number of carbonyl (C=O) groups is 2. The summed E-state index contributed by atoms with van der Waals surface area (Å²) < 4.78 is 0. The van der Waals surface area contributed by atoms with Crippen molar-refractivity contribution >= 4 is 24.5 Å². The minimum Gasteiger partial charge on any atom is -0.480 e. The van der Waals surface area contributed by atoms with Crippen LogP contribution < -0.4 is 5.32 Å². The van der Waals surface area contributed by atoms with E-state index in [0.29, 0.717) is 6.42 Å². The quantitative estimate of drug-likeness (QED) is 0.129. The van der Waals surface area contributed by atoms with Gasteiger partial charge in [0.05, 0.1) is 0 Å². The average Bonchev–Trinajstić information content (AvgIpc) is 2.70. The molecule has 4 nitrogen and oxygen atoms in total. The summed E-state index contributed by atoms with van der Waals surface area (Å²) in [5.41, 5.74) is 0. The highest BCUT2D eigenvalue weighted by molar-refractivity contribution is 7.80. The lowest BCUT2D eigenvalue weighted by atomic mass is 10.0. The van der Waals surface area contributed by atoms with Gasteiger partial charge in [-0.05, 0) is 6.42 Å². The molecule has 0 radical (unpaired) electrons. The molecule has 0 rings (SSSR count). The molecular formula is C24H47NO3S. The molecule has 2 N–H and O–H groups in total. The van der Waals surface area contributed by atoms with E-state index in [1.165, 1.54) is 103 Å². The van der Waals surface area contributed by atoms with Crippen LogP contribution in [0.3, 0.4) is 0 Å². The summed E-state index contributed by atoms with van der Waals surface area (Å²) in [6.07, 6.45) is 24.2. The maximum Gasteiger partial charge on any atom is 0.327 e. The van der Waals surface area contributed by atoms with Crippen molar-refractivity contribution in [1.29, 1.82) is 0 Å². The Morgan fingerprint density at radius 3 is 1.34 bits per heavy atom. The lowest BCUT2D eigenvalue weighted by Crippen LogP contribution is -2.42. The van der Waals surface area contributed by atoms with Crippen LogP contribution in [0.2, 0.25) is 0 Å². The van der Waals surface area contributed by atoms with Gasteiger partial charge < -0.3 is 10.4 Å². The monoisotopic (exact) mass is 429 g/mol. The summed E-state index contributed by atoms with van der Waals surface area (Å²) in [4.78, 5) is 22.5. The van der Waals surface area contributed by atoms with Gasteiger partial charge in [-0.15, -0.1) is 0 Å². The van der Waals surface area contributed by atoms with Gasteiger partial charge in [0.25, 0.3) is 0 Å². The van der Waals surface area contributed by atoms with Crippen molar-refractivity contribution in [1.82, 2.24) is 5.32 Å². The minimum absolute atomic E-state index is 0.125. The molecular weight excluding hydrogens is 382 g/mol. The molecule has 1 amide bonds. The largest absolute Gasteiger partial charge is 0.480 e. The molecule has 0 aromatic carbocycles. The molecule has 0 fully saturated rings. The molecule has 0 aromatic heterocycles. The number of nitrogens with one attached hydrogen (secondary N) is 1. The first-order valence-corrected chi connectivity index (χ1v) is 12.9. The molecule has 0 bridgehead atoms. The second kappa shape index (κ2) is 22.0. The molecule has 0 saturated carbocycles. The van der Waals surface area contributed by atoms with Gasteiger partial charge in [0.2, 0.25) is 5.91 Å². The molecule has 29 heavy (non-hydrogen) atoms.